The molecule has 2 aromatic rings. The van der Waals surface area contributed by atoms with Crippen LogP contribution in [0.15, 0.2) is 17.5 Å². The molecule has 2 nitrogen and oxygen atoms in total. The fourth-order valence-electron chi connectivity index (χ4n) is 1.50. The lowest BCUT2D eigenvalue weighted by molar-refractivity contribution is 0.281. The monoisotopic (exact) mass is 194 g/mol. The van der Waals surface area contributed by atoms with E-state index in [4.69, 9.17) is 5.11 Å². The zero-order valence-electron chi connectivity index (χ0n) is 7.24. The molecule has 0 bridgehead atoms. The SMILES string of the molecule is Cc1c(CO)ccc2scc(O)c12. The fourth-order valence-corrected chi connectivity index (χ4v) is 2.37. The number of aliphatic hydroxyl groups is 1. The minimum atomic E-state index is 0.0249. The summed E-state index contributed by atoms with van der Waals surface area (Å²) in [5.41, 5.74) is 1.85. The number of aliphatic hydroxyl groups excluding tert-OH is 1. The summed E-state index contributed by atoms with van der Waals surface area (Å²) in [5.74, 6) is 0.313. The number of aromatic hydroxyl groups is 1. The van der Waals surface area contributed by atoms with Gasteiger partial charge in [-0.05, 0) is 24.1 Å². The van der Waals surface area contributed by atoms with Gasteiger partial charge in [-0.15, -0.1) is 11.3 Å². The zero-order valence-corrected chi connectivity index (χ0v) is 8.06. The Bertz CT molecular complexity index is 445. The Morgan fingerprint density at radius 2 is 2.15 bits per heavy atom. The normalized spacial score (nSPS) is 10.9. The Kier molecular flexibility index (Phi) is 1.98. The molecule has 1 aromatic carbocycles. The summed E-state index contributed by atoms with van der Waals surface area (Å²) < 4.78 is 1.06. The van der Waals surface area contributed by atoms with Crippen molar-refractivity contribution < 1.29 is 10.2 Å². The average Bonchev–Trinajstić information content (AvgIpc) is 2.49. The highest BCUT2D eigenvalue weighted by Crippen LogP contribution is 2.34. The van der Waals surface area contributed by atoms with Crippen molar-refractivity contribution in [1.29, 1.82) is 0 Å². The van der Waals surface area contributed by atoms with Crippen LogP contribution in [0, 0.1) is 6.92 Å². The lowest BCUT2D eigenvalue weighted by atomic mass is 10.1. The predicted molar refractivity (Wildman–Crippen MR) is 54.1 cm³/mol. The molecule has 0 amide bonds. The van der Waals surface area contributed by atoms with Gasteiger partial charge in [0, 0.05) is 15.5 Å². The molecular weight excluding hydrogens is 184 g/mol. The minimum Gasteiger partial charge on any atom is -0.506 e. The van der Waals surface area contributed by atoms with Crippen LogP contribution in [0.2, 0.25) is 0 Å². The lowest BCUT2D eigenvalue weighted by Gasteiger charge is -2.03. The van der Waals surface area contributed by atoms with Gasteiger partial charge in [-0.3, -0.25) is 0 Å². The van der Waals surface area contributed by atoms with Gasteiger partial charge in [0.15, 0.2) is 0 Å². The smallest absolute Gasteiger partial charge is 0.134 e. The van der Waals surface area contributed by atoms with E-state index < -0.39 is 0 Å². The largest absolute Gasteiger partial charge is 0.506 e. The first-order valence-electron chi connectivity index (χ1n) is 4.03. The quantitative estimate of drug-likeness (QED) is 0.731. The van der Waals surface area contributed by atoms with Gasteiger partial charge in [0.1, 0.15) is 5.75 Å². The third-order valence-electron chi connectivity index (χ3n) is 2.26. The Morgan fingerprint density at radius 3 is 2.85 bits per heavy atom. The molecule has 1 aromatic heterocycles. The molecule has 68 valence electrons. The van der Waals surface area contributed by atoms with Gasteiger partial charge in [-0.25, -0.2) is 0 Å². The van der Waals surface area contributed by atoms with Crippen molar-refractivity contribution in [2.24, 2.45) is 0 Å². The van der Waals surface area contributed by atoms with Gasteiger partial charge in [-0.2, -0.15) is 0 Å². The van der Waals surface area contributed by atoms with Gasteiger partial charge in [0.05, 0.1) is 6.61 Å². The summed E-state index contributed by atoms with van der Waals surface area (Å²) in [6.07, 6.45) is 0. The molecule has 0 spiro atoms. The summed E-state index contributed by atoms with van der Waals surface area (Å²) in [6.45, 7) is 1.94. The number of benzene rings is 1. The maximum Gasteiger partial charge on any atom is 0.134 e. The van der Waals surface area contributed by atoms with Crippen LogP contribution in [0.25, 0.3) is 10.1 Å². The summed E-state index contributed by atoms with van der Waals surface area (Å²) in [7, 11) is 0. The fraction of sp³-hybridized carbons (Fsp3) is 0.200. The van der Waals surface area contributed by atoms with Crippen LogP contribution in [-0.2, 0) is 6.61 Å². The molecule has 0 atom stereocenters. The van der Waals surface area contributed by atoms with E-state index in [1.807, 2.05) is 19.1 Å². The number of rotatable bonds is 1. The van der Waals surface area contributed by atoms with Crippen LogP contribution in [0.4, 0.5) is 0 Å². The summed E-state index contributed by atoms with van der Waals surface area (Å²) in [5, 5.41) is 21.2. The number of thiophene rings is 1. The molecule has 0 aliphatic carbocycles. The zero-order chi connectivity index (χ0) is 9.42. The van der Waals surface area contributed by atoms with E-state index in [2.05, 4.69) is 0 Å². The second-order valence-electron chi connectivity index (χ2n) is 3.00. The molecule has 13 heavy (non-hydrogen) atoms. The maximum atomic E-state index is 9.54. The topological polar surface area (TPSA) is 40.5 Å². The molecule has 0 fully saturated rings. The maximum absolute atomic E-state index is 9.54. The molecule has 0 saturated heterocycles. The first-order chi connectivity index (χ1) is 6.24. The van der Waals surface area contributed by atoms with Gasteiger partial charge in [-0.1, -0.05) is 6.07 Å². The van der Waals surface area contributed by atoms with Crippen LogP contribution in [0.3, 0.4) is 0 Å². The first-order valence-corrected chi connectivity index (χ1v) is 4.91. The van der Waals surface area contributed by atoms with E-state index in [1.165, 1.54) is 11.3 Å². The van der Waals surface area contributed by atoms with Gasteiger partial charge < -0.3 is 10.2 Å². The van der Waals surface area contributed by atoms with Crippen molar-refractivity contribution in [3.63, 3.8) is 0 Å². The molecule has 0 unspecified atom stereocenters. The van der Waals surface area contributed by atoms with E-state index >= 15 is 0 Å². The van der Waals surface area contributed by atoms with Crippen LogP contribution in [-0.4, -0.2) is 10.2 Å². The van der Waals surface area contributed by atoms with E-state index in [0.29, 0.717) is 5.75 Å². The molecule has 0 radical (unpaired) electrons. The van der Waals surface area contributed by atoms with E-state index in [9.17, 15) is 5.11 Å². The highest BCUT2D eigenvalue weighted by atomic mass is 32.1. The molecule has 0 saturated carbocycles. The van der Waals surface area contributed by atoms with Crippen LogP contribution in [0.1, 0.15) is 11.1 Å². The summed E-state index contributed by atoms with van der Waals surface area (Å²) in [4.78, 5) is 0. The highest BCUT2D eigenvalue weighted by molar-refractivity contribution is 7.17. The second kappa shape index (κ2) is 3.01. The highest BCUT2D eigenvalue weighted by Gasteiger charge is 2.08. The summed E-state index contributed by atoms with van der Waals surface area (Å²) >= 11 is 1.52. The second-order valence-corrected chi connectivity index (χ2v) is 3.91. The molecule has 2 rings (SSSR count). The third kappa shape index (κ3) is 1.20. The number of hydrogen-bond donors (Lipinski definition) is 2. The lowest BCUT2D eigenvalue weighted by Crippen LogP contribution is -1.87. The van der Waals surface area contributed by atoms with Crippen LogP contribution < -0.4 is 0 Å². The Labute approximate surface area is 80.1 Å². The average molecular weight is 194 g/mol. The van der Waals surface area contributed by atoms with Crippen molar-refractivity contribution in [1.82, 2.24) is 0 Å². The number of aryl methyl sites for hydroxylation is 1. The van der Waals surface area contributed by atoms with Crippen molar-refractivity contribution >= 4 is 21.4 Å². The molecular formula is C10H10O2S. The van der Waals surface area contributed by atoms with Crippen molar-refractivity contribution in [2.75, 3.05) is 0 Å². The Balaban J connectivity index is 2.83. The third-order valence-corrected chi connectivity index (χ3v) is 3.20. The Morgan fingerprint density at radius 1 is 1.38 bits per heavy atom. The number of fused-ring (bicyclic) bond motifs is 1. The standard InChI is InChI=1S/C10H10O2S/c1-6-7(4-11)2-3-9-10(6)8(12)5-13-9/h2-3,5,11-12H,4H2,1H3. The van der Waals surface area contributed by atoms with Gasteiger partial charge in [0.25, 0.3) is 0 Å². The summed E-state index contributed by atoms with van der Waals surface area (Å²) in [6, 6.07) is 3.83. The molecule has 3 heteroatoms. The Hall–Kier alpha value is -1.06. The van der Waals surface area contributed by atoms with Crippen molar-refractivity contribution in [2.45, 2.75) is 13.5 Å². The molecule has 0 aliphatic rings. The van der Waals surface area contributed by atoms with Gasteiger partial charge in [0.2, 0.25) is 0 Å². The molecule has 0 aliphatic heterocycles. The van der Waals surface area contributed by atoms with Crippen LogP contribution in [0.5, 0.6) is 5.75 Å². The first kappa shape index (κ1) is 8.53. The van der Waals surface area contributed by atoms with Crippen molar-refractivity contribution in [3.8, 4) is 5.75 Å². The predicted octanol–water partition coefficient (Wildman–Crippen LogP) is 2.41. The van der Waals surface area contributed by atoms with E-state index in [0.717, 1.165) is 21.2 Å². The number of hydrogen-bond acceptors (Lipinski definition) is 3. The molecule has 1 heterocycles. The minimum absolute atomic E-state index is 0.0249. The van der Waals surface area contributed by atoms with E-state index in [-0.39, 0.29) is 6.61 Å². The van der Waals surface area contributed by atoms with Crippen molar-refractivity contribution in [3.05, 3.63) is 28.6 Å². The molecule has 2 N–H and O–H groups in total. The van der Waals surface area contributed by atoms with Gasteiger partial charge >= 0.3 is 0 Å². The van der Waals surface area contributed by atoms with E-state index in [1.54, 1.807) is 5.38 Å². The van der Waals surface area contributed by atoms with Crippen LogP contribution >= 0.6 is 11.3 Å².